The zero-order valence-electron chi connectivity index (χ0n) is 6.38. The van der Waals surface area contributed by atoms with E-state index in [1.54, 1.807) is 6.92 Å². The van der Waals surface area contributed by atoms with Crippen molar-refractivity contribution in [2.75, 3.05) is 0 Å². The van der Waals surface area contributed by atoms with Crippen LogP contribution in [0.3, 0.4) is 0 Å². The third-order valence-corrected chi connectivity index (χ3v) is 2.24. The summed E-state index contributed by atoms with van der Waals surface area (Å²) in [6, 6.07) is 2.61. The molecule has 0 amide bonds. The number of hydrogen-bond acceptors (Lipinski definition) is 2. The van der Waals surface area contributed by atoms with Crippen molar-refractivity contribution in [3.05, 3.63) is 28.0 Å². The van der Waals surface area contributed by atoms with Gasteiger partial charge in [-0.2, -0.15) is 0 Å². The summed E-state index contributed by atoms with van der Waals surface area (Å²) in [7, 11) is -1.64. The van der Waals surface area contributed by atoms with E-state index < -0.39 is 12.9 Å². The van der Waals surface area contributed by atoms with E-state index in [9.17, 15) is 4.39 Å². The normalized spacial score (nSPS) is 10.1. The van der Waals surface area contributed by atoms with Gasteiger partial charge in [-0.05, 0) is 30.1 Å². The molecule has 1 rings (SSSR count). The topological polar surface area (TPSA) is 40.5 Å². The molecular formula is C7H7BBrFO2. The van der Waals surface area contributed by atoms with E-state index in [1.807, 2.05) is 0 Å². The molecule has 0 aromatic heterocycles. The highest BCUT2D eigenvalue weighted by atomic mass is 79.9. The lowest BCUT2D eigenvalue weighted by atomic mass is 9.80. The fourth-order valence-corrected chi connectivity index (χ4v) is 1.52. The predicted octanol–water partition coefficient (Wildman–Crippen LogP) is 0.576. The Hall–Kier alpha value is -0.385. The van der Waals surface area contributed by atoms with Gasteiger partial charge in [0.05, 0.1) is 0 Å². The maximum absolute atomic E-state index is 12.9. The van der Waals surface area contributed by atoms with Crippen LogP contribution in [-0.4, -0.2) is 17.2 Å². The van der Waals surface area contributed by atoms with Crippen LogP contribution in [0.15, 0.2) is 16.6 Å². The number of aryl methyl sites for hydroxylation is 1. The Morgan fingerprint density at radius 3 is 2.50 bits per heavy atom. The highest BCUT2D eigenvalue weighted by Gasteiger charge is 2.16. The highest BCUT2D eigenvalue weighted by Crippen LogP contribution is 2.12. The third kappa shape index (κ3) is 1.85. The van der Waals surface area contributed by atoms with E-state index in [0.29, 0.717) is 10.0 Å². The summed E-state index contributed by atoms with van der Waals surface area (Å²) in [6.45, 7) is 1.60. The Bertz CT molecular complexity index is 304. The zero-order valence-corrected chi connectivity index (χ0v) is 7.97. The molecule has 0 unspecified atom stereocenters. The molecule has 0 saturated carbocycles. The van der Waals surface area contributed by atoms with Crippen molar-refractivity contribution in [3.8, 4) is 0 Å². The quantitative estimate of drug-likeness (QED) is 0.696. The summed E-state index contributed by atoms with van der Waals surface area (Å²) in [5.41, 5.74) is 0.601. The monoisotopic (exact) mass is 232 g/mol. The molecular weight excluding hydrogens is 226 g/mol. The highest BCUT2D eigenvalue weighted by molar-refractivity contribution is 9.10. The van der Waals surface area contributed by atoms with E-state index in [2.05, 4.69) is 15.9 Å². The molecule has 0 heterocycles. The van der Waals surface area contributed by atoms with Gasteiger partial charge in [0.2, 0.25) is 0 Å². The van der Waals surface area contributed by atoms with E-state index in [1.165, 1.54) is 6.07 Å². The number of benzene rings is 1. The number of rotatable bonds is 1. The molecule has 0 spiro atoms. The van der Waals surface area contributed by atoms with Crippen molar-refractivity contribution in [3.63, 3.8) is 0 Å². The Kier molecular flexibility index (Phi) is 2.87. The molecule has 1 aromatic rings. The summed E-state index contributed by atoms with van der Waals surface area (Å²) in [5, 5.41) is 17.6. The number of hydrogen-bond donors (Lipinski definition) is 2. The van der Waals surface area contributed by atoms with E-state index >= 15 is 0 Å². The van der Waals surface area contributed by atoms with Gasteiger partial charge in [0.25, 0.3) is 0 Å². The molecule has 2 N–H and O–H groups in total. The minimum absolute atomic E-state index is 0.137. The molecule has 1 aromatic carbocycles. The van der Waals surface area contributed by atoms with Crippen LogP contribution in [0.4, 0.5) is 4.39 Å². The fourth-order valence-electron chi connectivity index (χ4n) is 0.860. The first-order chi connectivity index (χ1) is 5.52. The average Bonchev–Trinajstić information content (AvgIpc) is 1.96. The van der Waals surface area contributed by atoms with Gasteiger partial charge in [-0.15, -0.1) is 0 Å². The maximum atomic E-state index is 12.9. The van der Waals surface area contributed by atoms with Gasteiger partial charge in [0, 0.05) is 4.47 Å². The molecule has 0 radical (unpaired) electrons. The summed E-state index contributed by atoms with van der Waals surface area (Å²) in [5.74, 6) is -0.443. The zero-order chi connectivity index (χ0) is 9.30. The van der Waals surface area contributed by atoms with Crippen molar-refractivity contribution in [2.24, 2.45) is 0 Å². The second-order valence-corrected chi connectivity index (χ2v) is 3.35. The van der Waals surface area contributed by atoms with Crippen molar-refractivity contribution in [1.29, 1.82) is 0 Å². The molecule has 0 atom stereocenters. The lowest BCUT2D eigenvalue weighted by Crippen LogP contribution is -2.31. The molecule has 5 heteroatoms. The van der Waals surface area contributed by atoms with Crippen LogP contribution in [0.1, 0.15) is 5.56 Å². The minimum Gasteiger partial charge on any atom is -0.423 e. The molecule has 64 valence electrons. The predicted molar refractivity (Wildman–Crippen MR) is 48.7 cm³/mol. The van der Waals surface area contributed by atoms with Gasteiger partial charge in [0.1, 0.15) is 5.82 Å². The Labute approximate surface area is 78.3 Å². The van der Waals surface area contributed by atoms with E-state index in [0.717, 1.165) is 6.07 Å². The van der Waals surface area contributed by atoms with Gasteiger partial charge in [-0.25, -0.2) is 4.39 Å². The van der Waals surface area contributed by atoms with Crippen LogP contribution in [0.25, 0.3) is 0 Å². The Morgan fingerprint density at radius 2 is 2.00 bits per heavy atom. The molecule has 0 aliphatic heterocycles. The lowest BCUT2D eigenvalue weighted by molar-refractivity contribution is 0.425. The second-order valence-electron chi connectivity index (χ2n) is 2.50. The van der Waals surface area contributed by atoms with Crippen LogP contribution in [-0.2, 0) is 0 Å². The second kappa shape index (κ2) is 3.55. The largest absolute Gasteiger partial charge is 0.489 e. The Morgan fingerprint density at radius 1 is 1.42 bits per heavy atom. The third-order valence-electron chi connectivity index (χ3n) is 1.56. The fraction of sp³-hybridized carbons (Fsp3) is 0.143. The molecule has 0 aliphatic carbocycles. The standard InChI is InChI=1S/C7H7BBrFO2/c1-4-2-6(9)5(8(11)12)3-7(4)10/h2-3,11-12H,1H3. The van der Waals surface area contributed by atoms with Crippen LogP contribution >= 0.6 is 15.9 Å². The van der Waals surface area contributed by atoms with Crippen LogP contribution < -0.4 is 5.46 Å². The molecule has 2 nitrogen and oxygen atoms in total. The first kappa shape index (κ1) is 9.70. The Balaban J connectivity index is 3.23. The summed E-state index contributed by atoms with van der Waals surface area (Å²) in [4.78, 5) is 0. The smallest absolute Gasteiger partial charge is 0.423 e. The van der Waals surface area contributed by atoms with Gasteiger partial charge < -0.3 is 10.0 Å². The van der Waals surface area contributed by atoms with E-state index in [4.69, 9.17) is 10.0 Å². The van der Waals surface area contributed by atoms with E-state index in [-0.39, 0.29) is 5.46 Å². The van der Waals surface area contributed by atoms with Crippen LogP contribution in [0.2, 0.25) is 0 Å². The van der Waals surface area contributed by atoms with Gasteiger partial charge in [-0.3, -0.25) is 0 Å². The van der Waals surface area contributed by atoms with Crippen molar-refractivity contribution in [1.82, 2.24) is 0 Å². The van der Waals surface area contributed by atoms with Gasteiger partial charge in [0.15, 0.2) is 0 Å². The first-order valence-electron chi connectivity index (χ1n) is 3.34. The maximum Gasteiger partial charge on any atom is 0.489 e. The van der Waals surface area contributed by atoms with Crippen molar-refractivity contribution < 1.29 is 14.4 Å². The van der Waals surface area contributed by atoms with Gasteiger partial charge in [-0.1, -0.05) is 15.9 Å². The molecule has 12 heavy (non-hydrogen) atoms. The molecule has 0 fully saturated rings. The lowest BCUT2D eigenvalue weighted by Gasteiger charge is -2.04. The molecule has 0 aliphatic rings. The van der Waals surface area contributed by atoms with Crippen molar-refractivity contribution in [2.45, 2.75) is 6.92 Å². The van der Waals surface area contributed by atoms with Crippen molar-refractivity contribution >= 4 is 28.5 Å². The minimum atomic E-state index is -1.64. The molecule has 0 saturated heterocycles. The summed E-state index contributed by atoms with van der Waals surface area (Å²) in [6.07, 6.45) is 0. The SMILES string of the molecule is Cc1cc(Br)c(B(O)O)cc1F. The number of halogens is 2. The average molecular weight is 233 g/mol. The molecule has 0 bridgehead atoms. The van der Waals surface area contributed by atoms with Crippen LogP contribution in [0.5, 0.6) is 0 Å². The summed E-state index contributed by atoms with van der Waals surface area (Å²) < 4.78 is 13.4. The first-order valence-corrected chi connectivity index (χ1v) is 4.13. The summed E-state index contributed by atoms with van der Waals surface area (Å²) >= 11 is 3.10. The van der Waals surface area contributed by atoms with Crippen LogP contribution in [0, 0.1) is 12.7 Å². The van der Waals surface area contributed by atoms with Gasteiger partial charge >= 0.3 is 7.12 Å².